The van der Waals surface area contributed by atoms with Crippen molar-refractivity contribution >= 4 is 23.2 Å². The van der Waals surface area contributed by atoms with Crippen LogP contribution in [-0.4, -0.2) is 25.0 Å². The zero-order valence-corrected chi connectivity index (χ0v) is 10.6. The van der Waals surface area contributed by atoms with Crippen LogP contribution in [0.15, 0.2) is 24.3 Å². The van der Waals surface area contributed by atoms with Crippen molar-refractivity contribution in [3.8, 4) is 11.5 Å². The van der Waals surface area contributed by atoms with Crippen molar-refractivity contribution in [1.82, 2.24) is 0 Å². The topological polar surface area (TPSA) is 18.5 Å². The molecule has 0 amide bonds. The zero-order chi connectivity index (χ0) is 11.6. The van der Waals surface area contributed by atoms with E-state index in [0.717, 1.165) is 24.3 Å². The van der Waals surface area contributed by atoms with Gasteiger partial charge in [0.2, 0.25) is 0 Å². The van der Waals surface area contributed by atoms with Gasteiger partial charge in [0.25, 0.3) is 0 Å². The van der Waals surface area contributed by atoms with Gasteiger partial charge < -0.3 is 9.47 Å². The van der Waals surface area contributed by atoms with Gasteiger partial charge in [-0.2, -0.15) is 0 Å². The molecule has 0 saturated heterocycles. The molecule has 0 fully saturated rings. The SMILES string of the molecule is ClCCCOc1cccc(OCCCCl)c1. The summed E-state index contributed by atoms with van der Waals surface area (Å²) in [5.41, 5.74) is 0. The number of hydrogen-bond donors (Lipinski definition) is 0. The molecule has 90 valence electrons. The molecule has 0 aromatic heterocycles. The van der Waals surface area contributed by atoms with Crippen molar-refractivity contribution in [3.05, 3.63) is 24.3 Å². The van der Waals surface area contributed by atoms with E-state index in [1.807, 2.05) is 24.3 Å². The van der Waals surface area contributed by atoms with E-state index in [1.165, 1.54) is 0 Å². The molecule has 0 aliphatic rings. The molecule has 1 aromatic rings. The summed E-state index contributed by atoms with van der Waals surface area (Å²) in [4.78, 5) is 0. The first-order valence-electron chi connectivity index (χ1n) is 5.34. The Kier molecular flexibility index (Phi) is 7.19. The number of benzene rings is 1. The predicted molar refractivity (Wildman–Crippen MR) is 68.1 cm³/mol. The van der Waals surface area contributed by atoms with Gasteiger partial charge in [0.1, 0.15) is 11.5 Å². The summed E-state index contributed by atoms with van der Waals surface area (Å²) in [6.45, 7) is 1.27. The molecule has 0 saturated carbocycles. The van der Waals surface area contributed by atoms with Crippen LogP contribution >= 0.6 is 23.2 Å². The first-order chi connectivity index (χ1) is 7.86. The summed E-state index contributed by atoms with van der Waals surface area (Å²) in [6.07, 6.45) is 1.69. The monoisotopic (exact) mass is 262 g/mol. The van der Waals surface area contributed by atoms with Gasteiger partial charge >= 0.3 is 0 Å². The standard InChI is InChI=1S/C12H16Cl2O2/c13-6-2-8-15-11-4-1-5-12(10-11)16-9-3-7-14/h1,4-5,10H,2-3,6-9H2. The highest BCUT2D eigenvalue weighted by molar-refractivity contribution is 6.18. The van der Waals surface area contributed by atoms with Gasteiger partial charge in [0, 0.05) is 17.8 Å². The summed E-state index contributed by atoms with van der Waals surface area (Å²) in [5, 5.41) is 0. The maximum absolute atomic E-state index is 5.57. The molecule has 0 spiro atoms. The molecule has 4 heteroatoms. The molecule has 0 aliphatic carbocycles. The lowest BCUT2D eigenvalue weighted by Gasteiger charge is -2.08. The fraction of sp³-hybridized carbons (Fsp3) is 0.500. The van der Waals surface area contributed by atoms with Crippen LogP contribution in [0.25, 0.3) is 0 Å². The summed E-state index contributed by atoms with van der Waals surface area (Å²) >= 11 is 11.1. The molecule has 0 bridgehead atoms. The van der Waals surface area contributed by atoms with Crippen molar-refractivity contribution in [2.75, 3.05) is 25.0 Å². The van der Waals surface area contributed by atoms with Crippen LogP contribution in [0, 0.1) is 0 Å². The summed E-state index contributed by atoms with van der Waals surface area (Å²) in [6, 6.07) is 7.60. The number of alkyl halides is 2. The van der Waals surface area contributed by atoms with Crippen molar-refractivity contribution in [3.63, 3.8) is 0 Å². The minimum atomic E-state index is 0.617. The summed E-state index contributed by atoms with van der Waals surface area (Å²) < 4.78 is 11.0. The lowest BCUT2D eigenvalue weighted by molar-refractivity contribution is 0.302. The Morgan fingerprint density at radius 2 is 1.38 bits per heavy atom. The third-order valence-electron chi connectivity index (χ3n) is 1.90. The number of halogens is 2. The minimum absolute atomic E-state index is 0.617. The molecular weight excluding hydrogens is 247 g/mol. The van der Waals surface area contributed by atoms with Gasteiger partial charge in [0.15, 0.2) is 0 Å². The fourth-order valence-electron chi connectivity index (χ4n) is 1.14. The molecule has 0 atom stereocenters. The Morgan fingerprint density at radius 1 is 0.875 bits per heavy atom. The second-order valence-electron chi connectivity index (χ2n) is 3.26. The Morgan fingerprint density at radius 3 is 1.81 bits per heavy atom. The first-order valence-corrected chi connectivity index (χ1v) is 6.41. The van der Waals surface area contributed by atoms with E-state index in [1.54, 1.807) is 0 Å². The fourth-order valence-corrected chi connectivity index (χ4v) is 1.36. The Bertz CT molecular complexity index is 267. The van der Waals surface area contributed by atoms with E-state index in [2.05, 4.69) is 0 Å². The molecule has 2 nitrogen and oxygen atoms in total. The Labute approximate surface area is 106 Å². The van der Waals surface area contributed by atoms with Gasteiger partial charge in [0.05, 0.1) is 13.2 Å². The molecule has 0 heterocycles. The molecular formula is C12H16Cl2O2. The van der Waals surface area contributed by atoms with Crippen LogP contribution in [0.4, 0.5) is 0 Å². The van der Waals surface area contributed by atoms with E-state index in [0.29, 0.717) is 25.0 Å². The molecule has 1 aromatic carbocycles. The van der Waals surface area contributed by atoms with Crippen molar-refractivity contribution in [2.24, 2.45) is 0 Å². The van der Waals surface area contributed by atoms with Gasteiger partial charge in [-0.1, -0.05) is 6.07 Å². The van der Waals surface area contributed by atoms with Gasteiger partial charge in [-0.05, 0) is 25.0 Å². The second kappa shape index (κ2) is 8.54. The molecule has 0 N–H and O–H groups in total. The summed E-state index contributed by atoms with van der Waals surface area (Å²) in [5.74, 6) is 2.86. The van der Waals surface area contributed by atoms with Crippen molar-refractivity contribution < 1.29 is 9.47 Å². The largest absolute Gasteiger partial charge is 0.493 e. The second-order valence-corrected chi connectivity index (χ2v) is 4.01. The van der Waals surface area contributed by atoms with Crippen LogP contribution < -0.4 is 9.47 Å². The normalized spacial score (nSPS) is 10.1. The van der Waals surface area contributed by atoms with Gasteiger partial charge in [-0.15, -0.1) is 23.2 Å². The highest BCUT2D eigenvalue weighted by atomic mass is 35.5. The van der Waals surface area contributed by atoms with Crippen molar-refractivity contribution in [2.45, 2.75) is 12.8 Å². The van der Waals surface area contributed by atoms with Gasteiger partial charge in [-0.25, -0.2) is 0 Å². The average molecular weight is 263 g/mol. The third-order valence-corrected chi connectivity index (χ3v) is 2.43. The van der Waals surface area contributed by atoms with E-state index in [-0.39, 0.29) is 0 Å². The predicted octanol–water partition coefficient (Wildman–Crippen LogP) is 3.70. The maximum Gasteiger partial charge on any atom is 0.122 e. The van der Waals surface area contributed by atoms with Crippen LogP contribution in [0.5, 0.6) is 11.5 Å². The molecule has 0 radical (unpaired) electrons. The van der Waals surface area contributed by atoms with Crippen LogP contribution in [-0.2, 0) is 0 Å². The first kappa shape index (κ1) is 13.5. The number of ether oxygens (including phenoxy) is 2. The lowest BCUT2D eigenvalue weighted by Crippen LogP contribution is -2.00. The molecule has 1 rings (SSSR count). The Balaban J connectivity index is 2.37. The Hall–Kier alpha value is -0.600. The van der Waals surface area contributed by atoms with Crippen LogP contribution in [0.2, 0.25) is 0 Å². The van der Waals surface area contributed by atoms with E-state index in [9.17, 15) is 0 Å². The molecule has 16 heavy (non-hydrogen) atoms. The highest BCUT2D eigenvalue weighted by Crippen LogP contribution is 2.19. The zero-order valence-electron chi connectivity index (χ0n) is 9.12. The van der Waals surface area contributed by atoms with Gasteiger partial charge in [-0.3, -0.25) is 0 Å². The molecule has 0 unspecified atom stereocenters. The smallest absolute Gasteiger partial charge is 0.122 e. The quantitative estimate of drug-likeness (QED) is 0.526. The van der Waals surface area contributed by atoms with E-state index in [4.69, 9.17) is 32.7 Å². The third kappa shape index (κ3) is 5.47. The number of rotatable bonds is 8. The number of hydrogen-bond acceptors (Lipinski definition) is 2. The van der Waals surface area contributed by atoms with Crippen molar-refractivity contribution in [1.29, 1.82) is 0 Å². The summed E-state index contributed by atoms with van der Waals surface area (Å²) in [7, 11) is 0. The van der Waals surface area contributed by atoms with Crippen LogP contribution in [0.1, 0.15) is 12.8 Å². The maximum atomic E-state index is 5.57. The highest BCUT2D eigenvalue weighted by Gasteiger charge is 1.97. The van der Waals surface area contributed by atoms with E-state index < -0.39 is 0 Å². The van der Waals surface area contributed by atoms with E-state index >= 15 is 0 Å². The van der Waals surface area contributed by atoms with Crippen LogP contribution in [0.3, 0.4) is 0 Å². The average Bonchev–Trinajstić information content (AvgIpc) is 2.30. The lowest BCUT2D eigenvalue weighted by atomic mass is 10.3. The minimum Gasteiger partial charge on any atom is -0.493 e. The molecule has 0 aliphatic heterocycles.